The van der Waals surface area contributed by atoms with Crippen LogP contribution in [0.15, 0.2) is 67.1 Å². The fraction of sp³-hybridized carbons (Fsp3) is 0.395. The fourth-order valence-electron chi connectivity index (χ4n) is 7.62. The van der Waals surface area contributed by atoms with E-state index >= 15 is 0 Å². The Morgan fingerprint density at radius 1 is 0.737 bits per heavy atom. The number of fused-ring (bicyclic) bond motifs is 2. The first-order valence-corrected chi connectivity index (χ1v) is 21.5. The average Bonchev–Trinajstić information content (AvgIpc) is 3.75. The maximum atomic E-state index is 12.4. The van der Waals surface area contributed by atoms with Crippen LogP contribution in [0.5, 0.6) is 0 Å². The third-order valence-electron chi connectivity index (χ3n) is 10.8. The average molecular weight is 801 g/mol. The fourth-order valence-corrected chi connectivity index (χ4v) is 9.11. The van der Waals surface area contributed by atoms with E-state index in [-0.39, 0.29) is 34.9 Å². The van der Waals surface area contributed by atoms with Crippen molar-refractivity contribution in [3.8, 4) is 0 Å². The minimum atomic E-state index is -2.88. The lowest BCUT2D eigenvalue weighted by Crippen LogP contribution is -2.24. The van der Waals surface area contributed by atoms with Crippen LogP contribution in [0.3, 0.4) is 0 Å². The van der Waals surface area contributed by atoms with Gasteiger partial charge in [-0.1, -0.05) is 26.0 Å². The molecular formula is C43H60N8O5S. The topological polar surface area (TPSA) is 185 Å². The van der Waals surface area contributed by atoms with Crippen LogP contribution in [0.25, 0.3) is 21.8 Å². The first-order chi connectivity index (χ1) is 27.6. The lowest BCUT2D eigenvalue weighted by Gasteiger charge is -2.21. The van der Waals surface area contributed by atoms with Gasteiger partial charge in [-0.2, -0.15) is 20.4 Å². The SMILES string of the molecule is CC.Cc1c(C2CCOCC2)[nH]c2ccc(CNC(=O)c3ccnnc3)cc12.Cc1nnccc1C(=O)NCc1ccc2[nH]c(C3CCS(=O)(=O)CC3)c(C)c2c1.[HH].[HH].[HH].[HH]. The number of hydrogen-bond donors (Lipinski definition) is 4. The zero-order valence-corrected chi connectivity index (χ0v) is 34.1. The quantitative estimate of drug-likeness (QED) is 0.119. The molecule has 2 aliphatic rings. The van der Waals surface area contributed by atoms with Crippen molar-refractivity contribution in [3.05, 3.63) is 118 Å². The van der Waals surface area contributed by atoms with Gasteiger partial charge >= 0.3 is 0 Å². The number of nitrogens with zero attached hydrogens (tertiary/aromatic N) is 4. The van der Waals surface area contributed by atoms with Gasteiger partial charge in [0, 0.05) is 77.0 Å². The van der Waals surface area contributed by atoms with Gasteiger partial charge in [0.2, 0.25) is 0 Å². The Kier molecular flexibility index (Phi) is 13.5. The second kappa shape index (κ2) is 18.6. The van der Waals surface area contributed by atoms with E-state index in [0.29, 0.717) is 48.7 Å². The lowest BCUT2D eigenvalue weighted by molar-refractivity contribution is 0.0845. The highest BCUT2D eigenvalue weighted by Gasteiger charge is 2.27. The van der Waals surface area contributed by atoms with Crippen LogP contribution in [-0.2, 0) is 27.7 Å². The summed E-state index contributed by atoms with van der Waals surface area (Å²) in [5.41, 5.74) is 10.8. The predicted octanol–water partition coefficient (Wildman–Crippen LogP) is 7.90. The molecule has 13 nitrogen and oxygen atoms in total. The van der Waals surface area contributed by atoms with Gasteiger partial charge in [0.25, 0.3) is 11.8 Å². The molecule has 4 aromatic heterocycles. The number of rotatable bonds is 8. The van der Waals surface area contributed by atoms with Gasteiger partial charge in [-0.05, 0) is 105 Å². The number of benzene rings is 2. The third-order valence-corrected chi connectivity index (χ3v) is 12.5. The summed E-state index contributed by atoms with van der Waals surface area (Å²) in [5.74, 6) is 0.982. The molecule has 57 heavy (non-hydrogen) atoms. The number of aryl methyl sites for hydroxylation is 3. The molecule has 4 N–H and O–H groups in total. The molecular weight excluding hydrogens is 741 g/mol. The Hall–Kier alpha value is -5.47. The number of H-pyrrole nitrogens is 2. The Labute approximate surface area is 339 Å². The molecule has 2 aliphatic heterocycles. The Morgan fingerprint density at radius 2 is 1.28 bits per heavy atom. The monoisotopic (exact) mass is 800 g/mol. The van der Waals surface area contributed by atoms with Gasteiger partial charge in [-0.25, -0.2) is 8.42 Å². The van der Waals surface area contributed by atoms with Gasteiger partial charge in [0.15, 0.2) is 0 Å². The molecule has 0 saturated carbocycles. The summed E-state index contributed by atoms with van der Waals surface area (Å²) in [6.45, 7) is 12.6. The third kappa shape index (κ3) is 9.92. The summed E-state index contributed by atoms with van der Waals surface area (Å²) in [6.07, 6.45) is 7.95. The van der Waals surface area contributed by atoms with E-state index in [1.165, 1.54) is 35.2 Å². The van der Waals surface area contributed by atoms with Crippen molar-refractivity contribution in [1.82, 2.24) is 41.0 Å². The minimum Gasteiger partial charge on any atom is -0.381 e. The van der Waals surface area contributed by atoms with Crippen molar-refractivity contribution in [3.63, 3.8) is 0 Å². The molecule has 0 bridgehead atoms. The highest BCUT2D eigenvalue weighted by molar-refractivity contribution is 7.91. The van der Waals surface area contributed by atoms with Gasteiger partial charge in [-0.15, -0.1) is 0 Å². The van der Waals surface area contributed by atoms with Gasteiger partial charge in [-0.3, -0.25) is 9.59 Å². The van der Waals surface area contributed by atoms with Crippen LogP contribution in [0.4, 0.5) is 0 Å². The molecule has 2 aromatic carbocycles. The van der Waals surface area contributed by atoms with E-state index in [0.717, 1.165) is 64.9 Å². The molecule has 0 spiro atoms. The van der Waals surface area contributed by atoms with Crippen LogP contribution >= 0.6 is 0 Å². The summed E-state index contributed by atoms with van der Waals surface area (Å²) >= 11 is 0. The Balaban J connectivity index is 0.000000381. The van der Waals surface area contributed by atoms with E-state index in [4.69, 9.17) is 4.74 Å². The van der Waals surface area contributed by atoms with E-state index in [9.17, 15) is 18.0 Å². The zero-order chi connectivity index (χ0) is 40.5. The lowest BCUT2D eigenvalue weighted by atomic mass is 9.93. The van der Waals surface area contributed by atoms with E-state index in [1.54, 1.807) is 19.1 Å². The van der Waals surface area contributed by atoms with Crippen molar-refractivity contribution >= 4 is 43.5 Å². The second-order valence-electron chi connectivity index (χ2n) is 14.4. The molecule has 0 aliphatic carbocycles. The summed E-state index contributed by atoms with van der Waals surface area (Å²) in [7, 11) is -2.88. The number of hydrogen-bond acceptors (Lipinski definition) is 9. The molecule has 308 valence electrons. The Bertz CT molecular complexity index is 2450. The zero-order valence-electron chi connectivity index (χ0n) is 33.3. The van der Waals surface area contributed by atoms with Crippen molar-refractivity contribution in [1.29, 1.82) is 0 Å². The van der Waals surface area contributed by atoms with Crippen molar-refractivity contribution < 1.29 is 28.5 Å². The predicted molar refractivity (Wildman–Crippen MR) is 230 cm³/mol. The van der Waals surface area contributed by atoms with E-state index < -0.39 is 9.84 Å². The number of ether oxygens (including phenoxy) is 1. The molecule has 0 atom stereocenters. The number of aromatic nitrogens is 6. The molecule has 6 heterocycles. The maximum Gasteiger partial charge on any atom is 0.253 e. The molecule has 2 fully saturated rings. The summed E-state index contributed by atoms with van der Waals surface area (Å²) in [6, 6.07) is 15.7. The van der Waals surface area contributed by atoms with Crippen molar-refractivity contribution in [2.75, 3.05) is 24.7 Å². The van der Waals surface area contributed by atoms with E-state index in [2.05, 4.69) is 79.1 Å². The second-order valence-corrected chi connectivity index (χ2v) is 16.7. The standard InChI is InChI=1S/C21H24N4O3S.C20H22N4O2.C2H6.4H2/c1-13-18-11-15(12-22-21(26)17-5-8-23-25-14(17)2)3-4-19(18)24-20(13)16-6-9-29(27,28)10-7-16;1-13-17-10-14(11-21-20(25)16-4-7-22-23-12-16)2-3-18(17)24-19(13)15-5-8-26-9-6-15;1-2;;;;/h3-5,8,11,16,24H,6-7,9-10,12H2,1-2H3,(H,22,26);2-4,7,10,12,15,24H,5-6,8-9,11H2,1H3,(H,21,25);1-2H3;4*1H. The van der Waals surface area contributed by atoms with Gasteiger partial charge in [0.05, 0.1) is 46.9 Å². The van der Waals surface area contributed by atoms with E-state index in [1.807, 2.05) is 26.0 Å². The number of nitrogens with one attached hydrogen (secondary N) is 4. The number of amides is 2. The number of aromatic amines is 2. The molecule has 8 rings (SSSR count). The minimum absolute atomic E-state index is 0. The van der Waals surface area contributed by atoms with Crippen LogP contribution in [0, 0.1) is 20.8 Å². The number of sulfone groups is 1. The molecule has 0 radical (unpaired) electrons. The highest BCUT2D eigenvalue weighted by atomic mass is 32.2. The normalized spacial score (nSPS) is 15.6. The number of carbonyl (C=O) groups excluding carboxylic acids is 2. The molecule has 2 amide bonds. The number of carbonyl (C=O) groups is 2. The van der Waals surface area contributed by atoms with Crippen molar-refractivity contribution in [2.24, 2.45) is 0 Å². The van der Waals surface area contributed by atoms with Gasteiger partial charge < -0.3 is 25.3 Å². The van der Waals surface area contributed by atoms with Crippen LogP contribution in [0.2, 0.25) is 0 Å². The molecule has 0 unspecified atom stereocenters. The first-order valence-electron chi connectivity index (χ1n) is 19.7. The maximum absolute atomic E-state index is 12.4. The molecule has 14 heteroatoms. The molecule has 6 aromatic rings. The van der Waals surface area contributed by atoms with Crippen LogP contribution in [0.1, 0.15) is 117 Å². The van der Waals surface area contributed by atoms with Crippen LogP contribution < -0.4 is 10.6 Å². The van der Waals surface area contributed by atoms with Crippen molar-refractivity contribution in [2.45, 2.75) is 85.2 Å². The van der Waals surface area contributed by atoms with Crippen LogP contribution in [-0.4, -0.2) is 75.3 Å². The smallest absolute Gasteiger partial charge is 0.253 e. The highest BCUT2D eigenvalue weighted by Crippen LogP contribution is 2.35. The summed E-state index contributed by atoms with van der Waals surface area (Å²) < 4.78 is 28.9. The first kappa shape index (κ1) is 41.2. The summed E-state index contributed by atoms with van der Waals surface area (Å²) in [5, 5.41) is 23.3. The Morgan fingerprint density at radius 3 is 1.82 bits per heavy atom. The largest absolute Gasteiger partial charge is 0.381 e. The van der Waals surface area contributed by atoms with Gasteiger partial charge in [0.1, 0.15) is 9.84 Å². The molecule has 2 saturated heterocycles. The summed E-state index contributed by atoms with van der Waals surface area (Å²) in [4.78, 5) is 31.6.